The summed E-state index contributed by atoms with van der Waals surface area (Å²) in [6, 6.07) is 24.9. The van der Waals surface area contributed by atoms with Crippen molar-refractivity contribution in [1.29, 1.82) is 0 Å². The molecule has 0 bridgehead atoms. The van der Waals surface area contributed by atoms with Gasteiger partial charge in [-0.3, -0.25) is 4.79 Å². The molecule has 1 atom stereocenters. The normalized spacial score (nSPS) is 18.6. The fourth-order valence-corrected chi connectivity index (χ4v) is 7.63. The standard InChI is InChI=1S/C39H45N5O5/c1-46-34-14-13-31(35(47-2)36(34)48-3)37(45)43-23-19-39(27-43,29-9-5-4-6-10-29)18-22-42-20-15-30(16-21-42)40-38-41-32-11-7-8-12-33(32)44(38)25-28-17-24-49-26-28/h4-14,17,24,26,30H,15-16,18-23,25,27H2,1-3H3,(H,40,41). The van der Waals surface area contributed by atoms with E-state index in [4.69, 9.17) is 23.6 Å². The number of furan rings is 1. The van der Waals surface area contributed by atoms with E-state index < -0.39 is 0 Å². The van der Waals surface area contributed by atoms with Crippen LogP contribution >= 0.6 is 0 Å². The molecule has 0 spiro atoms. The van der Waals surface area contributed by atoms with E-state index in [0.29, 0.717) is 48.5 Å². The van der Waals surface area contributed by atoms with E-state index in [1.165, 1.54) is 5.56 Å². The number of fused-ring (bicyclic) bond motifs is 1. The van der Waals surface area contributed by atoms with Gasteiger partial charge in [-0.05, 0) is 68.1 Å². The predicted octanol–water partition coefficient (Wildman–Crippen LogP) is 6.45. The molecule has 7 rings (SSSR count). The van der Waals surface area contributed by atoms with E-state index in [1.54, 1.807) is 46.0 Å². The topological polar surface area (TPSA) is 94.2 Å². The molecule has 2 fully saturated rings. The molecule has 256 valence electrons. The fourth-order valence-electron chi connectivity index (χ4n) is 7.63. The SMILES string of the molecule is COc1ccc(C(=O)N2CCC(CCN3CCC(Nc4nc5ccccc5n4Cc4ccoc4)CC3)(c3ccccc3)C2)c(OC)c1OC. The van der Waals surface area contributed by atoms with E-state index in [0.717, 1.165) is 67.9 Å². The van der Waals surface area contributed by atoms with Gasteiger partial charge in [-0.2, -0.15) is 0 Å². The Morgan fingerprint density at radius 1 is 0.918 bits per heavy atom. The van der Waals surface area contributed by atoms with Crippen molar-refractivity contribution in [3.8, 4) is 17.2 Å². The van der Waals surface area contributed by atoms with Crippen LogP contribution in [0, 0.1) is 0 Å². The van der Waals surface area contributed by atoms with Crippen molar-refractivity contribution in [1.82, 2.24) is 19.4 Å². The van der Waals surface area contributed by atoms with Crippen LogP contribution in [-0.2, 0) is 12.0 Å². The van der Waals surface area contributed by atoms with Crippen molar-refractivity contribution in [2.24, 2.45) is 0 Å². The number of rotatable bonds is 12. The Balaban J connectivity index is 1.02. The number of anilines is 1. The van der Waals surface area contributed by atoms with Crippen LogP contribution in [0.2, 0.25) is 0 Å². The first-order valence-electron chi connectivity index (χ1n) is 17.1. The number of amides is 1. The van der Waals surface area contributed by atoms with Gasteiger partial charge in [-0.25, -0.2) is 4.98 Å². The van der Waals surface area contributed by atoms with E-state index in [9.17, 15) is 4.79 Å². The summed E-state index contributed by atoms with van der Waals surface area (Å²) < 4.78 is 24.3. The maximum atomic E-state index is 14.0. The highest BCUT2D eigenvalue weighted by Crippen LogP contribution is 2.43. The molecule has 2 aromatic heterocycles. The first kappa shape index (κ1) is 32.6. The van der Waals surface area contributed by atoms with Crippen molar-refractivity contribution < 1.29 is 23.4 Å². The van der Waals surface area contributed by atoms with E-state index in [2.05, 4.69) is 63.3 Å². The molecule has 5 aromatic rings. The number of likely N-dealkylation sites (tertiary alicyclic amines) is 2. The second-order valence-electron chi connectivity index (χ2n) is 13.2. The lowest BCUT2D eigenvalue weighted by Gasteiger charge is -2.36. The second-order valence-corrected chi connectivity index (χ2v) is 13.2. The van der Waals surface area contributed by atoms with Crippen molar-refractivity contribution in [2.45, 2.75) is 43.7 Å². The first-order valence-corrected chi connectivity index (χ1v) is 17.1. The smallest absolute Gasteiger partial charge is 0.257 e. The molecule has 2 aliphatic heterocycles. The molecule has 2 aliphatic rings. The van der Waals surface area contributed by atoms with Crippen LogP contribution in [0.1, 0.15) is 47.2 Å². The van der Waals surface area contributed by atoms with Gasteiger partial charge in [0.2, 0.25) is 11.7 Å². The highest BCUT2D eigenvalue weighted by Gasteiger charge is 2.42. The number of hydrogen-bond acceptors (Lipinski definition) is 8. The Bertz CT molecular complexity index is 1870. The van der Waals surface area contributed by atoms with E-state index in [1.807, 2.05) is 17.0 Å². The predicted molar refractivity (Wildman–Crippen MR) is 190 cm³/mol. The summed E-state index contributed by atoms with van der Waals surface area (Å²) >= 11 is 0. The number of para-hydroxylation sites is 2. The maximum absolute atomic E-state index is 14.0. The zero-order chi connectivity index (χ0) is 33.8. The Morgan fingerprint density at radius 3 is 2.43 bits per heavy atom. The minimum atomic E-state index is -0.131. The van der Waals surface area contributed by atoms with Gasteiger partial charge in [0.25, 0.3) is 5.91 Å². The van der Waals surface area contributed by atoms with Crippen LogP contribution in [0.25, 0.3) is 11.0 Å². The molecule has 0 saturated carbocycles. The lowest BCUT2D eigenvalue weighted by atomic mass is 9.76. The average molecular weight is 664 g/mol. The van der Waals surface area contributed by atoms with Crippen LogP contribution in [0.4, 0.5) is 5.95 Å². The van der Waals surface area contributed by atoms with Crippen molar-refractivity contribution in [2.75, 3.05) is 59.4 Å². The molecule has 3 aromatic carbocycles. The lowest BCUT2D eigenvalue weighted by molar-refractivity contribution is 0.0776. The van der Waals surface area contributed by atoms with Crippen molar-refractivity contribution in [3.05, 3.63) is 102 Å². The largest absolute Gasteiger partial charge is 0.493 e. The van der Waals surface area contributed by atoms with Crippen LogP contribution in [0.5, 0.6) is 17.2 Å². The van der Waals surface area contributed by atoms with Gasteiger partial charge in [-0.15, -0.1) is 0 Å². The number of nitrogens with zero attached hydrogens (tertiary/aromatic N) is 4. The monoisotopic (exact) mass is 663 g/mol. The molecule has 2 saturated heterocycles. The minimum absolute atomic E-state index is 0.0544. The maximum Gasteiger partial charge on any atom is 0.257 e. The van der Waals surface area contributed by atoms with Gasteiger partial charge < -0.3 is 38.3 Å². The van der Waals surface area contributed by atoms with Crippen LogP contribution in [0.15, 0.2) is 89.7 Å². The van der Waals surface area contributed by atoms with Gasteiger partial charge in [0, 0.05) is 43.2 Å². The average Bonchev–Trinajstić information content (AvgIpc) is 3.91. The van der Waals surface area contributed by atoms with Gasteiger partial charge in [0.05, 0.1) is 57.0 Å². The summed E-state index contributed by atoms with van der Waals surface area (Å²) in [5.74, 6) is 2.21. The minimum Gasteiger partial charge on any atom is -0.493 e. The summed E-state index contributed by atoms with van der Waals surface area (Å²) in [6.07, 6.45) is 7.47. The zero-order valence-electron chi connectivity index (χ0n) is 28.6. The van der Waals surface area contributed by atoms with Crippen LogP contribution in [0.3, 0.4) is 0 Å². The lowest BCUT2D eigenvalue weighted by Crippen LogP contribution is -2.42. The van der Waals surface area contributed by atoms with Gasteiger partial charge >= 0.3 is 0 Å². The van der Waals surface area contributed by atoms with Gasteiger partial charge in [0.15, 0.2) is 11.5 Å². The molecule has 49 heavy (non-hydrogen) atoms. The van der Waals surface area contributed by atoms with Crippen LogP contribution in [-0.4, -0.2) is 85.4 Å². The summed E-state index contributed by atoms with van der Waals surface area (Å²) in [7, 11) is 4.69. The molecule has 0 radical (unpaired) electrons. The Kier molecular flexibility index (Phi) is 9.48. The number of hydrogen-bond donors (Lipinski definition) is 1. The molecule has 1 N–H and O–H groups in total. The number of benzene rings is 3. The third-order valence-electron chi connectivity index (χ3n) is 10.4. The molecule has 0 aliphatic carbocycles. The number of piperidine rings is 1. The molecule has 10 heteroatoms. The molecular weight excluding hydrogens is 618 g/mol. The molecule has 1 amide bonds. The number of carbonyl (C=O) groups is 1. The van der Waals surface area contributed by atoms with E-state index >= 15 is 0 Å². The summed E-state index contributed by atoms with van der Waals surface area (Å²) in [5.41, 5.74) is 4.86. The third kappa shape index (κ3) is 6.57. The van der Waals surface area contributed by atoms with Crippen molar-refractivity contribution in [3.63, 3.8) is 0 Å². The highest BCUT2D eigenvalue weighted by molar-refractivity contribution is 5.98. The van der Waals surface area contributed by atoms with E-state index in [-0.39, 0.29) is 11.3 Å². The number of imidazole rings is 1. The number of aromatic nitrogens is 2. The van der Waals surface area contributed by atoms with Crippen molar-refractivity contribution >= 4 is 22.9 Å². The number of ether oxygens (including phenoxy) is 3. The van der Waals surface area contributed by atoms with Gasteiger partial charge in [-0.1, -0.05) is 42.5 Å². The number of carbonyl (C=O) groups excluding carboxylic acids is 1. The number of methoxy groups -OCH3 is 3. The Labute approximate surface area is 287 Å². The Morgan fingerprint density at radius 2 is 1.69 bits per heavy atom. The summed E-state index contributed by atoms with van der Waals surface area (Å²) in [6.45, 7) is 5.03. The second kappa shape index (κ2) is 14.3. The molecule has 4 heterocycles. The molecule has 10 nitrogen and oxygen atoms in total. The first-order chi connectivity index (χ1) is 24.0. The quantitative estimate of drug-likeness (QED) is 0.163. The summed E-state index contributed by atoms with van der Waals surface area (Å²) in [4.78, 5) is 23.5. The van der Waals surface area contributed by atoms with Crippen LogP contribution < -0.4 is 19.5 Å². The highest BCUT2D eigenvalue weighted by atomic mass is 16.5. The number of nitrogens with one attached hydrogen (secondary N) is 1. The fraction of sp³-hybridized carbons (Fsp3) is 0.385. The molecular formula is C39H45N5O5. The Hall–Kier alpha value is -4.96. The zero-order valence-corrected chi connectivity index (χ0v) is 28.6. The summed E-state index contributed by atoms with van der Waals surface area (Å²) in [5, 5.41) is 3.78. The third-order valence-corrected chi connectivity index (χ3v) is 10.4. The van der Waals surface area contributed by atoms with Gasteiger partial charge in [0.1, 0.15) is 0 Å². The molecule has 1 unspecified atom stereocenters.